The van der Waals surface area contributed by atoms with Crippen LogP contribution in [0.4, 0.5) is 8.78 Å². The summed E-state index contributed by atoms with van der Waals surface area (Å²) in [7, 11) is 0. The van der Waals surface area contributed by atoms with Crippen LogP contribution in [0.15, 0.2) is 35.5 Å². The first-order chi connectivity index (χ1) is 11.0. The fraction of sp³-hybridized carbons (Fsp3) is 0.200. The summed E-state index contributed by atoms with van der Waals surface area (Å²) in [5.74, 6) is -2.84. The highest BCUT2D eigenvalue weighted by atomic mass is 32.2. The number of alkyl halides is 2. The number of aromatic nitrogens is 1. The van der Waals surface area contributed by atoms with E-state index in [1.807, 2.05) is 6.07 Å². The van der Waals surface area contributed by atoms with Gasteiger partial charge in [0.25, 0.3) is 5.92 Å². The predicted molar refractivity (Wildman–Crippen MR) is 79.1 cm³/mol. The molecular weight excluding hydrogens is 324 g/mol. The summed E-state index contributed by atoms with van der Waals surface area (Å²) in [4.78, 5) is 4.23. The molecule has 1 aliphatic carbocycles. The number of aliphatic hydroxyl groups excluding tert-OH is 1. The topological polar surface area (TPSA) is 92.2 Å². The van der Waals surface area contributed by atoms with Gasteiger partial charge >= 0.3 is 0 Å². The molecule has 5 nitrogen and oxygen atoms in total. The number of nitriles is 1. The molecule has 1 aromatic carbocycles. The molecule has 1 aromatic heterocycles. The summed E-state index contributed by atoms with van der Waals surface area (Å²) in [5, 5.41) is 24.2. The molecule has 1 aliphatic rings. The predicted octanol–water partition coefficient (Wildman–Crippen LogP) is 2.94. The van der Waals surface area contributed by atoms with E-state index in [2.05, 4.69) is 4.98 Å². The van der Waals surface area contributed by atoms with Gasteiger partial charge in [-0.05, 0) is 24.1 Å². The van der Waals surface area contributed by atoms with Crippen molar-refractivity contribution in [2.45, 2.75) is 23.3 Å². The summed E-state index contributed by atoms with van der Waals surface area (Å²) in [6.45, 7) is 0. The van der Waals surface area contributed by atoms with Crippen molar-refractivity contribution in [3.05, 3.63) is 47.3 Å². The van der Waals surface area contributed by atoms with Gasteiger partial charge in [0, 0.05) is 34.7 Å². The van der Waals surface area contributed by atoms with Crippen LogP contribution in [0.3, 0.4) is 0 Å². The fourth-order valence-electron chi connectivity index (χ4n) is 2.51. The normalized spacial score (nSPS) is 18.3. The third-order valence-corrected chi connectivity index (χ3v) is 4.17. The average Bonchev–Trinajstić information content (AvgIpc) is 2.79. The molecule has 0 amide bonds. The van der Waals surface area contributed by atoms with E-state index in [0.717, 1.165) is 11.9 Å². The number of nitrogens with two attached hydrogens (primary N) is 1. The standard InChI is InChI=1S/C15H11F2N3O2S/c16-15(17)4-10-11(1-2-12(23-19)13(10)14(15)21)22-9-3-8(5-18)6-20-7-9/h1-3,6-7,14,21H,4,19H2/t14-/m0/s1. The second kappa shape index (κ2) is 5.77. The smallest absolute Gasteiger partial charge is 0.281 e. The molecule has 1 heterocycles. The molecule has 118 valence electrons. The molecule has 0 spiro atoms. The maximum Gasteiger partial charge on any atom is 0.281 e. The summed E-state index contributed by atoms with van der Waals surface area (Å²) in [6.07, 6.45) is 0.181. The van der Waals surface area contributed by atoms with Crippen LogP contribution in [0.5, 0.6) is 11.5 Å². The molecule has 0 saturated heterocycles. The van der Waals surface area contributed by atoms with Crippen LogP contribution in [0.2, 0.25) is 0 Å². The second-order valence-electron chi connectivity index (χ2n) is 5.04. The Kier molecular flexibility index (Phi) is 3.93. The van der Waals surface area contributed by atoms with E-state index in [-0.39, 0.29) is 22.6 Å². The lowest BCUT2D eigenvalue weighted by atomic mass is 10.1. The van der Waals surface area contributed by atoms with E-state index < -0.39 is 18.4 Å². The third-order valence-electron chi connectivity index (χ3n) is 3.56. The molecule has 0 bridgehead atoms. The van der Waals surface area contributed by atoms with Gasteiger partial charge in [0.2, 0.25) is 0 Å². The van der Waals surface area contributed by atoms with Crippen LogP contribution >= 0.6 is 11.9 Å². The lowest BCUT2D eigenvalue weighted by molar-refractivity contribution is -0.0976. The van der Waals surface area contributed by atoms with Gasteiger partial charge in [0.15, 0.2) is 0 Å². The van der Waals surface area contributed by atoms with Crippen molar-refractivity contribution in [2.24, 2.45) is 5.14 Å². The van der Waals surface area contributed by atoms with Crippen LogP contribution in [-0.4, -0.2) is 16.0 Å². The summed E-state index contributed by atoms with van der Waals surface area (Å²) >= 11 is 0.795. The summed E-state index contributed by atoms with van der Waals surface area (Å²) in [6, 6.07) is 6.41. The largest absolute Gasteiger partial charge is 0.455 e. The Morgan fingerprint density at radius 2 is 2.22 bits per heavy atom. The molecule has 1 atom stereocenters. The number of nitrogens with zero attached hydrogens (tertiary/aromatic N) is 2. The first kappa shape index (κ1) is 15.7. The van der Waals surface area contributed by atoms with Crippen LogP contribution in [0.1, 0.15) is 22.8 Å². The molecule has 2 aromatic rings. The van der Waals surface area contributed by atoms with E-state index in [4.69, 9.17) is 15.1 Å². The number of hydrogen-bond donors (Lipinski definition) is 2. The van der Waals surface area contributed by atoms with Crippen molar-refractivity contribution < 1.29 is 18.6 Å². The molecule has 3 N–H and O–H groups in total. The Morgan fingerprint density at radius 3 is 2.91 bits per heavy atom. The zero-order valence-electron chi connectivity index (χ0n) is 11.7. The maximum absolute atomic E-state index is 13.9. The van der Waals surface area contributed by atoms with Crippen molar-refractivity contribution in [2.75, 3.05) is 0 Å². The van der Waals surface area contributed by atoms with Crippen molar-refractivity contribution in [3.8, 4) is 17.6 Å². The second-order valence-corrected chi connectivity index (χ2v) is 5.71. The molecule has 0 fully saturated rings. The Morgan fingerprint density at radius 1 is 1.43 bits per heavy atom. The number of benzene rings is 1. The Balaban J connectivity index is 2.04. The van der Waals surface area contributed by atoms with Crippen LogP contribution in [0.25, 0.3) is 0 Å². The fourth-order valence-corrected chi connectivity index (χ4v) is 3.02. The van der Waals surface area contributed by atoms with Crippen molar-refractivity contribution in [1.82, 2.24) is 4.98 Å². The first-order valence-electron chi connectivity index (χ1n) is 6.57. The average molecular weight is 335 g/mol. The van der Waals surface area contributed by atoms with Gasteiger partial charge in [-0.2, -0.15) is 5.26 Å². The summed E-state index contributed by atoms with van der Waals surface area (Å²) < 4.78 is 33.3. The summed E-state index contributed by atoms with van der Waals surface area (Å²) in [5.41, 5.74) is 0.586. The molecule has 23 heavy (non-hydrogen) atoms. The Hall–Kier alpha value is -2.21. The highest BCUT2D eigenvalue weighted by molar-refractivity contribution is 7.97. The number of ether oxygens (including phenoxy) is 1. The number of aliphatic hydroxyl groups is 1. The number of pyridine rings is 1. The zero-order chi connectivity index (χ0) is 16.6. The van der Waals surface area contributed by atoms with E-state index in [1.165, 1.54) is 30.6 Å². The highest BCUT2D eigenvalue weighted by Crippen LogP contribution is 2.50. The first-order valence-corrected chi connectivity index (χ1v) is 7.45. The monoisotopic (exact) mass is 335 g/mol. The van der Waals surface area contributed by atoms with E-state index in [9.17, 15) is 13.9 Å². The highest BCUT2D eigenvalue weighted by Gasteiger charge is 2.49. The van der Waals surface area contributed by atoms with Crippen LogP contribution in [0, 0.1) is 11.3 Å². The maximum atomic E-state index is 13.9. The minimum Gasteiger partial charge on any atom is -0.455 e. The van der Waals surface area contributed by atoms with Gasteiger partial charge in [0.05, 0.1) is 11.8 Å². The van der Waals surface area contributed by atoms with Crippen LogP contribution < -0.4 is 9.88 Å². The van der Waals surface area contributed by atoms with Crippen molar-refractivity contribution >= 4 is 11.9 Å². The van der Waals surface area contributed by atoms with Crippen molar-refractivity contribution in [1.29, 1.82) is 5.26 Å². The SMILES string of the molecule is N#Cc1cncc(Oc2ccc(SN)c3c2CC(F)(F)[C@H]3O)c1. The van der Waals surface area contributed by atoms with Gasteiger partial charge < -0.3 is 9.84 Å². The quantitative estimate of drug-likeness (QED) is 0.838. The van der Waals surface area contributed by atoms with Gasteiger partial charge in [-0.1, -0.05) is 0 Å². The van der Waals surface area contributed by atoms with Gasteiger partial charge in [-0.15, -0.1) is 0 Å². The molecule has 3 rings (SSSR count). The lowest BCUT2D eigenvalue weighted by Crippen LogP contribution is -2.21. The van der Waals surface area contributed by atoms with Crippen molar-refractivity contribution in [3.63, 3.8) is 0 Å². The minimum absolute atomic E-state index is 0.0874. The molecule has 0 aliphatic heterocycles. The minimum atomic E-state index is -3.28. The van der Waals surface area contributed by atoms with Gasteiger partial charge in [-0.3, -0.25) is 10.1 Å². The molecule has 0 saturated carbocycles. The molecule has 0 unspecified atom stereocenters. The zero-order valence-corrected chi connectivity index (χ0v) is 12.5. The van der Waals surface area contributed by atoms with E-state index in [0.29, 0.717) is 10.5 Å². The molecular formula is C15H11F2N3O2S. The lowest BCUT2D eigenvalue weighted by Gasteiger charge is -2.15. The van der Waals surface area contributed by atoms with E-state index in [1.54, 1.807) is 0 Å². The van der Waals surface area contributed by atoms with Crippen LogP contribution in [-0.2, 0) is 6.42 Å². The Labute approximate surface area is 134 Å². The van der Waals surface area contributed by atoms with E-state index >= 15 is 0 Å². The Bertz CT molecular complexity index is 808. The molecule has 8 heteroatoms. The van der Waals surface area contributed by atoms with Gasteiger partial charge in [0.1, 0.15) is 23.7 Å². The number of halogens is 2. The van der Waals surface area contributed by atoms with Gasteiger partial charge in [-0.25, -0.2) is 8.78 Å². The number of rotatable bonds is 3. The number of fused-ring (bicyclic) bond motifs is 1. The third kappa shape index (κ3) is 2.74. The molecule has 0 radical (unpaired) electrons. The number of hydrogen-bond acceptors (Lipinski definition) is 6.